The molecule has 0 aromatic carbocycles. The third kappa shape index (κ3) is 9.03. The number of aromatic nitrogens is 1. The SMILES string of the molecule is CCCOc1cncc(N2CCCN(C)CC2)c1.O=C(O)/C=C/C(=O)O. The molecule has 1 aromatic rings. The smallest absolute Gasteiger partial charge is 0.328 e. The van der Waals surface area contributed by atoms with Crippen LogP contribution in [0.2, 0.25) is 0 Å². The lowest BCUT2D eigenvalue weighted by Gasteiger charge is -2.22. The average Bonchev–Trinajstić information content (AvgIpc) is 2.83. The van der Waals surface area contributed by atoms with Crippen LogP contribution in [0, 0.1) is 0 Å². The van der Waals surface area contributed by atoms with E-state index in [4.69, 9.17) is 14.9 Å². The highest BCUT2D eigenvalue weighted by molar-refractivity contribution is 5.89. The van der Waals surface area contributed by atoms with Crippen LogP contribution in [-0.4, -0.2) is 71.9 Å². The van der Waals surface area contributed by atoms with E-state index in [-0.39, 0.29) is 0 Å². The van der Waals surface area contributed by atoms with E-state index in [1.807, 2.05) is 6.20 Å². The molecule has 1 saturated heterocycles. The highest BCUT2D eigenvalue weighted by Crippen LogP contribution is 2.20. The van der Waals surface area contributed by atoms with Crippen molar-refractivity contribution in [2.75, 3.05) is 44.7 Å². The van der Waals surface area contributed by atoms with Gasteiger partial charge in [0.05, 0.1) is 24.7 Å². The second-order valence-electron chi connectivity index (χ2n) is 5.88. The number of aliphatic carboxylic acids is 2. The lowest BCUT2D eigenvalue weighted by molar-refractivity contribution is -0.134. The zero-order valence-electron chi connectivity index (χ0n) is 15.3. The van der Waals surface area contributed by atoms with Gasteiger partial charge in [-0.3, -0.25) is 4.98 Å². The molecular weight excluding hydrogens is 338 g/mol. The molecule has 8 heteroatoms. The van der Waals surface area contributed by atoms with E-state index in [0.717, 1.165) is 38.4 Å². The first kappa shape index (κ1) is 21.4. The number of carbonyl (C=O) groups is 2. The quantitative estimate of drug-likeness (QED) is 0.735. The molecule has 26 heavy (non-hydrogen) atoms. The third-order valence-electron chi connectivity index (χ3n) is 3.62. The average molecular weight is 365 g/mol. The second kappa shape index (κ2) is 11.9. The predicted octanol–water partition coefficient (Wildman–Crippen LogP) is 1.72. The first-order valence-electron chi connectivity index (χ1n) is 8.57. The van der Waals surface area contributed by atoms with Crippen LogP contribution in [0.5, 0.6) is 5.75 Å². The Hall–Kier alpha value is -2.61. The van der Waals surface area contributed by atoms with Crippen molar-refractivity contribution in [3.05, 3.63) is 30.6 Å². The topological polar surface area (TPSA) is 103 Å². The van der Waals surface area contributed by atoms with Gasteiger partial charge in [0, 0.05) is 37.9 Å². The van der Waals surface area contributed by atoms with Crippen LogP contribution in [0.3, 0.4) is 0 Å². The fourth-order valence-corrected chi connectivity index (χ4v) is 2.33. The molecule has 0 saturated carbocycles. The van der Waals surface area contributed by atoms with Gasteiger partial charge in [0.1, 0.15) is 5.75 Å². The molecule has 0 atom stereocenters. The Labute approximate surface area is 153 Å². The van der Waals surface area contributed by atoms with E-state index in [1.54, 1.807) is 6.20 Å². The number of carboxylic acid groups (broad SMARTS) is 2. The van der Waals surface area contributed by atoms with Gasteiger partial charge < -0.3 is 24.7 Å². The van der Waals surface area contributed by atoms with Gasteiger partial charge in [0.2, 0.25) is 0 Å². The molecule has 2 N–H and O–H groups in total. The number of likely N-dealkylation sites (N-methyl/N-ethyl adjacent to an activating group) is 1. The molecule has 144 valence electrons. The van der Waals surface area contributed by atoms with Crippen LogP contribution >= 0.6 is 0 Å². The Morgan fingerprint density at radius 3 is 2.46 bits per heavy atom. The number of nitrogens with zero attached hydrogens (tertiary/aromatic N) is 3. The molecule has 0 aliphatic carbocycles. The minimum Gasteiger partial charge on any atom is -0.492 e. The van der Waals surface area contributed by atoms with Gasteiger partial charge in [-0.1, -0.05) is 6.92 Å². The lowest BCUT2D eigenvalue weighted by Crippen LogP contribution is -2.28. The number of pyridine rings is 1. The molecule has 0 spiro atoms. The number of anilines is 1. The minimum absolute atomic E-state index is 0.558. The van der Waals surface area contributed by atoms with Crippen molar-refractivity contribution in [3.63, 3.8) is 0 Å². The molecule has 1 aliphatic rings. The van der Waals surface area contributed by atoms with Gasteiger partial charge in [0.15, 0.2) is 0 Å². The van der Waals surface area contributed by atoms with Crippen LogP contribution in [0.1, 0.15) is 19.8 Å². The molecule has 0 bridgehead atoms. The van der Waals surface area contributed by atoms with Gasteiger partial charge >= 0.3 is 11.9 Å². The predicted molar refractivity (Wildman–Crippen MR) is 98.8 cm³/mol. The van der Waals surface area contributed by atoms with Crippen molar-refractivity contribution >= 4 is 17.6 Å². The summed E-state index contributed by atoms with van der Waals surface area (Å²) in [6.07, 6.45) is 7.08. The molecule has 0 radical (unpaired) electrons. The van der Waals surface area contributed by atoms with E-state index in [9.17, 15) is 9.59 Å². The molecular formula is C18H27N3O5. The summed E-state index contributed by atoms with van der Waals surface area (Å²) >= 11 is 0. The Kier molecular flexibility index (Phi) is 9.78. The highest BCUT2D eigenvalue weighted by Gasteiger charge is 2.13. The minimum atomic E-state index is -1.26. The Morgan fingerprint density at radius 1 is 1.15 bits per heavy atom. The fourth-order valence-electron chi connectivity index (χ4n) is 2.33. The number of hydrogen-bond donors (Lipinski definition) is 2. The molecule has 8 nitrogen and oxygen atoms in total. The first-order valence-corrected chi connectivity index (χ1v) is 8.57. The second-order valence-corrected chi connectivity index (χ2v) is 5.88. The Balaban J connectivity index is 0.000000359. The standard InChI is InChI=1S/C14H23N3O.C4H4O4/c1-3-9-18-14-10-13(11-15-12-14)17-6-4-5-16(2)7-8-17;5-3(6)1-2-4(7)8/h10-12H,3-9H2,1-2H3;1-2H,(H,5,6)(H,7,8)/b;2-1+. The van der Waals surface area contributed by atoms with Gasteiger partial charge in [-0.05, 0) is 26.4 Å². The third-order valence-corrected chi connectivity index (χ3v) is 3.62. The molecule has 0 unspecified atom stereocenters. The van der Waals surface area contributed by atoms with Crippen LogP contribution in [-0.2, 0) is 9.59 Å². The number of ether oxygens (including phenoxy) is 1. The zero-order chi connectivity index (χ0) is 19.4. The number of carboxylic acids is 2. The van der Waals surface area contributed by atoms with E-state index in [2.05, 4.69) is 34.8 Å². The Bertz CT molecular complexity index is 590. The maximum Gasteiger partial charge on any atom is 0.328 e. The summed E-state index contributed by atoms with van der Waals surface area (Å²) in [7, 11) is 2.18. The van der Waals surface area contributed by atoms with Crippen LogP contribution in [0.25, 0.3) is 0 Å². The molecule has 2 heterocycles. The summed E-state index contributed by atoms with van der Waals surface area (Å²) in [4.78, 5) is 28.2. The summed E-state index contributed by atoms with van der Waals surface area (Å²) in [5.41, 5.74) is 1.18. The van der Waals surface area contributed by atoms with Crippen LogP contribution < -0.4 is 9.64 Å². The van der Waals surface area contributed by atoms with Crippen molar-refractivity contribution in [2.45, 2.75) is 19.8 Å². The van der Waals surface area contributed by atoms with Crippen molar-refractivity contribution in [2.24, 2.45) is 0 Å². The van der Waals surface area contributed by atoms with Gasteiger partial charge in [-0.2, -0.15) is 0 Å². The zero-order valence-corrected chi connectivity index (χ0v) is 15.3. The summed E-state index contributed by atoms with van der Waals surface area (Å²) < 4.78 is 5.64. The maximum atomic E-state index is 9.55. The largest absolute Gasteiger partial charge is 0.492 e. The number of rotatable bonds is 6. The number of hydrogen-bond acceptors (Lipinski definition) is 6. The van der Waals surface area contributed by atoms with Crippen molar-refractivity contribution < 1.29 is 24.5 Å². The van der Waals surface area contributed by atoms with E-state index >= 15 is 0 Å². The summed E-state index contributed by atoms with van der Waals surface area (Å²) in [5, 5.41) is 15.6. The van der Waals surface area contributed by atoms with Gasteiger partial charge in [-0.25, -0.2) is 9.59 Å². The van der Waals surface area contributed by atoms with E-state index in [1.165, 1.54) is 18.7 Å². The fraction of sp³-hybridized carbons (Fsp3) is 0.500. The first-order chi connectivity index (χ1) is 12.4. The van der Waals surface area contributed by atoms with E-state index < -0.39 is 11.9 Å². The summed E-state index contributed by atoms with van der Waals surface area (Å²) in [6.45, 7) is 7.32. The molecule has 1 aliphatic heterocycles. The van der Waals surface area contributed by atoms with Gasteiger partial charge in [-0.15, -0.1) is 0 Å². The van der Waals surface area contributed by atoms with E-state index in [0.29, 0.717) is 12.2 Å². The Morgan fingerprint density at radius 2 is 1.85 bits per heavy atom. The lowest BCUT2D eigenvalue weighted by atomic mass is 10.3. The molecule has 2 rings (SSSR count). The summed E-state index contributed by atoms with van der Waals surface area (Å²) in [6, 6.07) is 2.11. The molecule has 0 amide bonds. The summed E-state index contributed by atoms with van der Waals surface area (Å²) in [5.74, 6) is -1.63. The molecule has 1 aromatic heterocycles. The normalized spacial score (nSPS) is 15.1. The van der Waals surface area contributed by atoms with Crippen molar-refractivity contribution in [3.8, 4) is 5.75 Å². The van der Waals surface area contributed by atoms with Crippen molar-refractivity contribution in [1.29, 1.82) is 0 Å². The van der Waals surface area contributed by atoms with Crippen LogP contribution in [0.4, 0.5) is 5.69 Å². The monoisotopic (exact) mass is 365 g/mol. The van der Waals surface area contributed by atoms with Crippen LogP contribution in [0.15, 0.2) is 30.6 Å². The van der Waals surface area contributed by atoms with Crippen molar-refractivity contribution in [1.82, 2.24) is 9.88 Å². The van der Waals surface area contributed by atoms with Gasteiger partial charge in [0.25, 0.3) is 0 Å². The maximum absolute atomic E-state index is 9.55. The highest BCUT2D eigenvalue weighted by atomic mass is 16.5. The molecule has 1 fully saturated rings.